The Kier molecular flexibility index (Phi) is 4.79. The van der Waals surface area contributed by atoms with Gasteiger partial charge in [0.2, 0.25) is 0 Å². The Morgan fingerprint density at radius 2 is 2.24 bits per heavy atom. The Bertz CT molecular complexity index is 235. The van der Waals surface area contributed by atoms with Crippen LogP contribution in [0.15, 0.2) is 0 Å². The Hall–Kier alpha value is -0.160. The minimum atomic E-state index is -0.267. The van der Waals surface area contributed by atoms with E-state index in [1.54, 1.807) is 0 Å². The molecule has 3 unspecified atom stereocenters. The molecule has 4 heteroatoms. The lowest BCUT2D eigenvalue weighted by Crippen LogP contribution is -2.52. The number of nitrogens with zero attached hydrogens (tertiary/aromatic N) is 1. The van der Waals surface area contributed by atoms with E-state index in [9.17, 15) is 5.11 Å². The first-order valence-corrected chi connectivity index (χ1v) is 6.94. The zero-order valence-corrected chi connectivity index (χ0v) is 11.1. The van der Waals surface area contributed by atoms with Crippen molar-refractivity contribution >= 4 is 0 Å². The van der Waals surface area contributed by atoms with Gasteiger partial charge in [-0.3, -0.25) is 4.90 Å². The van der Waals surface area contributed by atoms with E-state index in [2.05, 4.69) is 24.1 Å². The summed E-state index contributed by atoms with van der Waals surface area (Å²) in [5, 5.41) is 13.3. The summed E-state index contributed by atoms with van der Waals surface area (Å²) >= 11 is 0. The van der Waals surface area contributed by atoms with E-state index in [1.807, 2.05) is 0 Å². The SMILES string of the molecule is CC(C)NCC(O)CN1CCOC2CCCC21. The van der Waals surface area contributed by atoms with E-state index in [0.717, 1.165) is 19.7 Å². The number of morpholine rings is 1. The quantitative estimate of drug-likeness (QED) is 0.741. The highest BCUT2D eigenvalue weighted by atomic mass is 16.5. The third-order valence-corrected chi connectivity index (χ3v) is 3.80. The zero-order valence-electron chi connectivity index (χ0n) is 11.1. The van der Waals surface area contributed by atoms with Crippen molar-refractivity contribution in [2.75, 3.05) is 26.2 Å². The van der Waals surface area contributed by atoms with Gasteiger partial charge in [-0.2, -0.15) is 0 Å². The highest BCUT2D eigenvalue weighted by Crippen LogP contribution is 2.29. The van der Waals surface area contributed by atoms with Gasteiger partial charge in [0.1, 0.15) is 0 Å². The first kappa shape index (κ1) is 13.3. The van der Waals surface area contributed by atoms with E-state index >= 15 is 0 Å². The molecule has 2 aliphatic rings. The van der Waals surface area contributed by atoms with Gasteiger partial charge in [-0.15, -0.1) is 0 Å². The van der Waals surface area contributed by atoms with Crippen LogP contribution in [-0.2, 0) is 4.74 Å². The van der Waals surface area contributed by atoms with Gasteiger partial charge in [0.05, 0.1) is 18.8 Å². The molecular weight excluding hydrogens is 216 g/mol. The standard InChI is InChI=1S/C13H26N2O2/c1-10(2)14-8-11(16)9-15-6-7-17-13-5-3-4-12(13)15/h10-14,16H,3-9H2,1-2H3. The van der Waals surface area contributed by atoms with E-state index in [1.165, 1.54) is 19.3 Å². The summed E-state index contributed by atoms with van der Waals surface area (Å²) in [7, 11) is 0. The number of hydrogen-bond donors (Lipinski definition) is 2. The summed E-state index contributed by atoms with van der Waals surface area (Å²) < 4.78 is 5.77. The highest BCUT2D eigenvalue weighted by Gasteiger charge is 2.36. The number of aliphatic hydroxyl groups is 1. The Balaban J connectivity index is 1.77. The molecule has 2 rings (SSSR count). The van der Waals surface area contributed by atoms with Crippen LogP contribution in [0.1, 0.15) is 33.1 Å². The maximum absolute atomic E-state index is 10.0. The van der Waals surface area contributed by atoms with Gasteiger partial charge in [-0.1, -0.05) is 13.8 Å². The monoisotopic (exact) mass is 242 g/mol. The molecule has 0 bridgehead atoms. The molecule has 100 valence electrons. The summed E-state index contributed by atoms with van der Waals surface area (Å²) in [6.45, 7) is 7.48. The molecule has 1 heterocycles. The summed E-state index contributed by atoms with van der Waals surface area (Å²) in [5.74, 6) is 0. The van der Waals surface area contributed by atoms with E-state index in [-0.39, 0.29) is 6.10 Å². The largest absolute Gasteiger partial charge is 0.390 e. The fourth-order valence-electron chi connectivity index (χ4n) is 2.94. The van der Waals surface area contributed by atoms with Crippen molar-refractivity contribution in [2.45, 2.75) is 57.4 Å². The number of rotatable bonds is 5. The molecule has 2 N–H and O–H groups in total. The second-order valence-electron chi connectivity index (χ2n) is 5.62. The molecule has 0 amide bonds. The van der Waals surface area contributed by atoms with Gasteiger partial charge < -0.3 is 15.2 Å². The van der Waals surface area contributed by atoms with Gasteiger partial charge in [-0.25, -0.2) is 0 Å². The number of nitrogens with one attached hydrogen (secondary N) is 1. The van der Waals surface area contributed by atoms with Gasteiger partial charge in [-0.05, 0) is 19.3 Å². The summed E-state index contributed by atoms with van der Waals surface area (Å²) in [6.07, 6.45) is 3.86. The fourth-order valence-corrected chi connectivity index (χ4v) is 2.94. The van der Waals surface area contributed by atoms with E-state index < -0.39 is 0 Å². The molecule has 1 aliphatic carbocycles. The lowest BCUT2D eigenvalue weighted by Gasteiger charge is -2.38. The third kappa shape index (κ3) is 3.65. The summed E-state index contributed by atoms with van der Waals surface area (Å²) in [5.41, 5.74) is 0. The van der Waals surface area contributed by atoms with Crippen molar-refractivity contribution in [3.05, 3.63) is 0 Å². The van der Waals surface area contributed by atoms with Crippen LogP contribution in [0.3, 0.4) is 0 Å². The van der Waals surface area contributed by atoms with Crippen LogP contribution in [0.2, 0.25) is 0 Å². The van der Waals surface area contributed by atoms with Crippen molar-refractivity contribution in [3.63, 3.8) is 0 Å². The summed E-state index contributed by atoms with van der Waals surface area (Å²) in [4.78, 5) is 2.42. The van der Waals surface area contributed by atoms with Crippen LogP contribution in [-0.4, -0.2) is 60.5 Å². The molecule has 2 fully saturated rings. The van der Waals surface area contributed by atoms with Gasteiger partial charge in [0.25, 0.3) is 0 Å². The average molecular weight is 242 g/mol. The van der Waals surface area contributed by atoms with Crippen LogP contribution >= 0.6 is 0 Å². The van der Waals surface area contributed by atoms with Gasteiger partial charge in [0.15, 0.2) is 0 Å². The van der Waals surface area contributed by atoms with Crippen LogP contribution in [0.4, 0.5) is 0 Å². The lowest BCUT2D eigenvalue weighted by atomic mass is 10.1. The molecule has 0 aromatic heterocycles. The first-order chi connectivity index (χ1) is 8.16. The van der Waals surface area contributed by atoms with Crippen LogP contribution in [0.25, 0.3) is 0 Å². The minimum Gasteiger partial charge on any atom is -0.390 e. The average Bonchev–Trinajstić information content (AvgIpc) is 2.75. The smallest absolute Gasteiger partial charge is 0.0791 e. The van der Waals surface area contributed by atoms with Crippen molar-refractivity contribution in [2.24, 2.45) is 0 Å². The third-order valence-electron chi connectivity index (χ3n) is 3.80. The van der Waals surface area contributed by atoms with Crippen molar-refractivity contribution in [1.82, 2.24) is 10.2 Å². The summed E-state index contributed by atoms with van der Waals surface area (Å²) in [6, 6.07) is 0.992. The highest BCUT2D eigenvalue weighted by molar-refractivity contribution is 4.90. The number of ether oxygens (including phenoxy) is 1. The van der Waals surface area contributed by atoms with Gasteiger partial charge in [0, 0.05) is 31.7 Å². The second kappa shape index (κ2) is 6.14. The molecule has 0 spiro atoms. The minimum absolute atomic E-state index is 0.267. The van der Waals surface area contributed by atoms with Crippen LogP contribution < -0.4 is 5.32 Å². The number of fused-ring (bicyclic) bond motifs is 1. The Morgan fingerprint density at radius 3 is 3.00 bits per heavy atom. The normalized spacial score (nSPS) is 31.8. The molecule has 3 atom stereocenters. The molecule has 1 saturated carbocycles. The number of aliphatic hydroxyl groups excluding tert-OH is 1. The molecule has 1 aliphatic heterocycles. The number of hydrogen-bond acceptors (Lipinski definition) is 4. The predicted octanol–water partition coefficient (Wildman–Crippen LogP) is 0.599. The van der Waals surface area contributed by atoms with Gasteiger partial charge >= 0.3 is 0 Å². The lowest BCUT2D eigenvalue weighted by molar-refractivity contribution is -0.0669. The topological polar surface area (TPSA) is 44.7 Å². The molecule has 1 saturated heterocycles. The van der Waals surface area contributed by atoms with Crippen molar-refractivity contribution in [1.29, 1.82) is 0 Å². The molecule has 0 aromatic carbocycles. The first-order valence-electron chi connectivity index (χ1n) is 6.94. The van der Waals surface area contributed by atoms with E-state index in [0.29, 0.717) is 24.7 Å². The number of β-amino-alcohol motifs (C(OH)–C–C–N with tert-alkyl or cyclic N) is 1. The maximum atomic E-state index is 10.0. The molecule has 4 nitrogen and oxygen atoms in total. The predicted molar refractivity (Wildman–Crippen MR) is 68.1 cm³/mol. The second-order valence-corrected chi connectivity index (χ2v) is 5.62. The maximum Gasteiger partial charge on any atom is 0.0791 e. The van der Waals surface area contributed by atoms with Crippen LogP contribution in [0, 0.1) is 0 Å². The fraction of sp³-hybridized carbons (Fsp3) is 1.00. The Morgan fingerprint density at radius 1 is 1.41 bits per heavy atom. The Labute approximate surface area is 104 Å². The molecule has 0 aromatic rings. The van der Waals surface area contributed by atoms with Crippen LogP contribution in [0.5, 0.6) is 0 Å². The molecule has 0 radical (unpaired) electrons. The van der Waals surface area contributed by atoms with Crippen molar-refractivity contribution in [3.8, 4) is 0 Å². The zero-order chi connectivity index (χ0) is 12.3. The molecule has 17 heavy (non-hydrogen) atoms. The van der Waals surface area contributed by atoms with Crippen molar-refractivity contribution < 1.29 is 9.84 Å². The molecular formula is C13H26N2O2. The van der Waals surface area contributed by atoms with E-state index in [4.69, 9.17) is 4.74 Å².